The SMILES string of the molecule is CN(Cc1ccc2c(c1)C(=O)N(C1CCC(=O)NC1=O)C2=O)CC1CCCN1. The minimum atomic E-state index is -0.926. The van der Waals surface area contributed by atoms with E-state index < -0.39 is 23.8 Å². The minimum absolute atomic E-state index is 0.120. The van der Waals surface area contributed by atoms with E-state index in [1.807, 2.05) is 13.1 Å². The molecule has 0 radical (unpaired) electrons. The Morgan fingerprint density at radius 3 is 2.61 bits per heavy atom. The monoisotopic (exact) mass is 384 g/mol. The van der Waals surface area contributed by atoms with Crippen LogP contribution < -0.4 is 10.6 Å². The Morgan fingerprint density at radius 2 is 1.89 bits per heavy atom. The molecule has 2 saturated heterocycles. The number of carbonyl (C=O) groups is 4. The number of likely N-dealkylation sites (N-methyl/N-ethyl adjacent to an activating group) is 1. The lowest BCUT2D eigenvalue weighted by Gasteiger charge is -2.27. The molecule has 4 amide bonds. The van der Waals surface area contributed by atoms with Gasteiger partial charge in [-0.05, 0) is 50.6 Å². The van der Waals surface area contributed by atoms with Crippen LogP contribution in [0.5, 0.6) is 0 Å². The van der Waals surface area contributed by atoms with Crippen molar-refractivity contribution in [3.8, 4) is 0 Å². The van der Waals surface area contributed by atoms with Crippen molar-refractivity contribution in [2.45, 2.75) is 44.3 Å². The molecule has 0 aromatic heterocycles. The molecule has 28 heavy (non-hydrogen) atoms. The average Bonchev–Trinajstić information content (AvgIpc) is 3.23. The highest BCUT2D eigenvalue weighted by molar-refractivity contribution is 6.23. The Labute approximate surface area is 163 Å². The molecule has 148 valence electrons. The third-order valence-corrected chi connectivity index (χ3v) is 5.65. The van der Waals surface area contributed by atoms with Gasteiger partial charge in [-0.1, -0.05) is 6.07 Å². The quantitative estimate of drug-likeness (QED) is 0.707. The summed E-state index contributed by atoms with van der Waals surface area (Å²) >= 11 is 0. The van der Waals surface area contributed by atoms with Crippen LogP contribution >= 0.6 is 0 Å². The van der Waals surface area contributed by atoms with Gasteiger partial charge in [0.1, 0.15) is 6.04 Å². The van der Waals surface area contributed by atoms with Crippen molar-refractivity contribution >= 4 is 23.6 Å². The van der Waals surface area contributed by atoms with Crippen molar-refractivity contribution in [3.05, 3.63) is 34.9 Å². The molecule has 0 spiro atoms. The summed E-state index contributed by atoms with van der Waals surface area (Å²) < 4.78 is 0. The van der Waals surface area contributed by atoms with Crippen molar-refractivity contribution in [2.24, 2.45) is 0 Å². The number of hydrogen-bond donors (Lipinski definition) is 2. The maximum atomic E-state index is 12.9. The Morgan fingerprint density at radius 1 is 1.11 bits per heavy atom. The van der Waals surface area contributed by atoms with Crippen LogP contribution in [0.1, 0.15) is 52.0 Å². The number of hydrogen-bond acceptors (Lipinski definition) is 6. The van der Waals surface area contributed by atoms with E-state index in [-0.39, 0.29) is 18.7 Å². The maximum absolute atomic E-state index is 12.9. The maximum Gasteiger partial charge on any atom is 0.262 e. The minimum Gasteiger partial charge on any atom is -0.313 e. The van der Waals surface area contributed by atoms with E-state index in [2.05, 4.69) is 15.5 Å². The van der Waals surface area contributed by atoms with Crippen molar-refractivity contribution in [1.82, 2.24) is 20.4 Å². The molecule has 0 saturated carbocycles. The van der Waals surface area contributed by atoms with Crippen molar-refractivity contribution in [3.63, 3.8) is 0 Å². The molecule has 1 aromatic rings. The second-order valence-corrected chi connectivity index (χ2v) is 7.82. The van der Waals surface area contributed by atoms with Crippen LogP contribution in [-0.4, -0.2) is 65.6 Å². The molecule has 0 aliphatic carbocycles. The fourth-order valence-corrected chi connectivity index (χ4v) is 4.28. The number of carbonyl (C=O) groups excluding carboxylic acids is 4. The van der Waals surface area contributed by atoms with E-state index in [1.54, 1.807) is 12.1 Å². The first-order valence-electron chi connectivity index (χ1n) is 9.70. The lowest BCUT2D eigenvalue weighted by atomic mass is 10.0. The van der Waals surface area contributed by atoms with Gasteiger partial charge in [-0.2, -0.15) is 0 Å². The van der Waals surface area contributed by atoms with Gasteiger partial charge in [0.25, 0.3) is 11.8 Å². The van der Waals surface area contributed by atoms with Crippen molar-refractivity contribution < 1.29 is 19.2 Å². The number of piperidine rings is 1. The topological polar surface area (TPSA) is 98.8 Å². The summed E-state index contributed by atoms with van der Waals surface area (Å²) in [6, 6.07) is 4.84. The van der Waals surface area contributed by atoms with Gasteiger partial charge in [0, 0.05) is 25.6 Å². The van der Waals surface area contributed by atoms with Crippen LogP contribution in [-0.2, 0) is 16.1 Å². The zero-order valence-corrected chi connectivity index (χ0v) is 15.9. The smallest absolute Gasteiger partial charge is 0.262 e. The molecule has 0 bridgehead atoms. The van der Waals surface area contributed by atoms with Crippen LogP contribution in [0.3, 0.4) is 0 Å². The van der Waals surface area contributed by atoms with Gasteiger partial charge in [0.15, 0.2) is 0 Å². The van der Waals surface area contributed by atoms with E-state index in [4.69, 9.17) is 0 Å². The van der Waals surface area contributed by atoms with Crippen LogP contribution in [0.2, 0.25) is 0 Å². The number of nitrogens with one attached hydrogen (secondary N) is 2. The van der Waals surface area contributed by atoms with Crippen LogP contribution in [0.25, 0.3) is 0 Å². The number of fused-ring (bicyclic) bond motifs is 1. The van der Waals surface area contributed by atoms with E-state index in [9.17, 15) is 19.2 Å². The fourth-order valence-electron chi connectivity index (χ4n) is 4.28. The molecule has 1 aromatic carbocycles. The first kappa shape index (κ1) is 18.8. The van der Waals surface area contributed by atoms with Gasteiger partial charge >= 0.3 is 0 Å². The van der Waals surface area contributed by atoms with Gasteiger partial charge in [-0.25, -0.2) is 0 Å². The Bertz CT molecular complexity index is 847. The summed E-state index contributed by atoms with van der Waals surface area (Å²) in [5, 5.41) is 5.68. The molecule has 8 nitrogen and oxygen atoms in total. The predicted octanol–water partition coefficient (Wildman–Crippen LogP) is 0.272. The lowest BCUT2D eigenvalue weighted by molar-refractivity contribution is -0.136. The largest absolute Gasteiger partial charge is 0.313 e. The fraction of sp³-hybridized carbons (Fsp3) is 0.500. The molecule has 8 heteroatoms. The van der Waals surface area contributed by atoms with Crippen LogP contribution in [0.15, 0.2) is 18.2 Å². The van der Waals surface area contributed by atoms with E-state index >= 15 is 0 Å². The Hall–Kier alpha value is -2.58. The Kier molecular flexibility index (Phi) is 4.99. The number of nitrogens with zero attached hydrogens (tertiary/aromatic N) is 2. The van der Waals surface area contributed by atoms with Gasteiger partial charge in [-0.15, -0.1) is 0 Å². The molecule has 2 unspecified atom stereocenters. The molecule has 3 heterocycles. The number of rotatable bonds is 5. The van der Waals surface area contributed by atoms with Crippen molar-refractivity contribution in [2.75, 3.05) is 20.1 Å². The summed E-state index contributed by atoms with van der Waals surface area (Å²) in [6.07, 6.45) is 2.65. The number of amides is 4. The average molecular weight is 384 g/mol. The highest BCUT2D eigenvalue weighted by atomic mass is 16.2. The summed E-state index contributed by atoms with van der Waals surface area (Å²) in [4.78, 5) is 52.3. The van der Waals surface area contributed by atoms with Gasteiger partial charge in [-0.3, -0.25) is 29.4 Å². The third kappa shape index (κ3) is 3.45. The Balaban J connectivity index is 1.49. The zero-order chi connectivity index (χ0) is 19.8. The highest BCUT2D eigenvalue weighted by Crippen LogP contribution is 2.28. The molecular weight excluding hydrogens is 360 g/mol. The highest BCUT2D eigenvalue weighted by Gasteiger charge is 2.44. The van der Waals surface area contributed by atoms with Crippen molar-refractivity contribution in [1.29, 1.82) is 0 Å². The zero-order valence-electron chi connectivity index (χ0n) is 15.9. The third-order valence-electron chi connectivity index (χ3n) is 5.65. The second kappa shape index (κ2) is 7.44. The molecule has 3 aliphatic heterocycles. The number of benzene rings is 1. The standard InChI is InChI=1S/C20H24N4O4/c1-23(11-13-3-2-8-21-13)10-12-4-5-14-15(9-12)20(28)24(19(14)27)16-6-7-17(25)22-18(16)26/h4-5,9,13,16,21H,2-3,6-8,10-11H2,1H3,(H,22,25,26). The summed E-state index contributed by atoms with van der Waals surface area (Å²) in [5.74, 6) is -1.89. The summed E-state index contributed by atoms with van der Waals surface area (Å²) in [7, 11) is 2.04. The second-order valence-electron chi connectivity index (χ2n) is 7.82. The van der Waals surface area contributed by atoms with Crippen LogP contribution in [0.4, 0.5) is 0 Å². The molecule has 4 rings (SSSR count). The molecule has 2 N–H and O–H groups in total. The lowest BCUT2D eigenvalue weighted by Crippen LogP contribution is -2.54. The normalized spacial score (nSPS) is 24.9. The predicted molar refractivity (Wildman–Crippen MR) is 100 cm³/mol. The van der Waals surface area contributed by atoms with Crippen LogP contribution in [0, 0.1) is 0 Å². The van der Waals surface area contributed by atoms with Gasteiger partial charge in [0.05, 0.1) is 11.1 Å². The molecule has 2 atom stereocenters. The van der Waals surface area contributed by atoms with Gasteiger partial charge < -0.3 is 10.2 Å². The van der Waals surface area contributed by atoms with Gasteiger partial charge in [0.2, 0.25) is 11.8 Å². The van der Waals surface area contributed by atoms with E-state index in [0.717, 1.165) is 23.6 Å². The van der Waals surface area contributed by atoms with E-state index in [1.165, 1.54) is 12.8 Å². The summed E-state index contributed by atoms with van der Waals surface area (Å²) in [6.45, 7) is 2.65. The first-order chi connectivity index (χ1) is 13.4. The molecule has 2 fully saturated rings. The first-order valence-corrected chi connectivity index (χ1v) is 9.70. The number of imide groups is 2. The summed E-state index contributed by atoms with van der Waals surface area (Å²) in [5.41, 5.74) is 1.60. The molecular formula is C20H24N4O4. The molecule has 3 aliphatic rings. The van der Waals surface area contributed by atoms with E-state index in [0.29, 0.717) is 23.7 Å².